The van der Waals surface area contributed by atoms with Gasteiger partial charge in [0.1, 0.15) is 5.75 Å². The molecule has 2 rings (SSSR count). The lowest BCUT2D eigenvalue weighted by atomic mass is 10.3. The van der Waals surface area contributed by atoms with E-state index in [0.717, 1.165) is 12.8 Å². The minimum Gasteiger partial charge on any atom is -0.399 e. The van der Waals surface area contributed by atoms with Gasteiger partial charge in [0, 0.05) is 12.2 Å². The molecule has 1 amide bonds. The number of nitrogen functional groups attached to an aromatic ring is 1. The highest BCUT2D eigenvalue weighted by Gasteiger charge is 2.24. The molecule has 5 nitrogen and oxygen atoms in total. The van der Waals surface area contributed by atoms with Gasteiger partial charge in [-0.05, 0) is 43.0 Å². The van der Waals surface area contributed by atoms with Crippen LogP contribution in [-0.2, 0) is 14.6 Å². The maximum Gasteiger partial charge on any atom is 0.235 e. The molecule has 0 saturated heterocycles. The van der Waals surface area contributed by atoms with Crippen molar-refractivity contribution in [3.05, 3.63) is 24.3 Å². The number of nitrogens with one attached hydrogen (secondary N) is 1. The molecule has 1 fully saturated rings. The van der Waals surface area contributed by atoms with Gasteiger partial charge in [0.25, 0.3) is 0 Å². The van der Waals surface area contributed by atoms with Gasteiger partial charge in [0.2, 0.25) is 5.91 Å². The van der Waals surface area contributed by atoms with E-state index in [9.17, 15) is 13.2 Å². The number of nitrogens with two attached hydrogens (primary N) is 1. The fourth-order valence-electron chi connectivity index (χ4n) is 1.56. The normalized spacial score (nSPS) is 15.3. The Hall–Kier alpha value is -1.56. The summed E-state index contributed by atoms with van der Waals surface area (Å²) in [5, 5.41) is 2.64. The highest BCUT2D eigenvalue weighted by atomic mass is 32.2. The quantitative estimate of drug-likeness (QED) is 0.764. The topological polar surface area (TPSA) is 89.3 Å². The van der Waals surface area contributed by atoms with Crippen LogP contribution in [0.4, 0.5) is 5.69 Å². The molecule has 0 aliphatic heterocycles. The van der Waals surface area contributed by atoms with Gasteiger partial charge in [-0.25, -0.2) is 8.42 Å². The van der Waals surface area contributed by atoms with Crippen LogP contribution in [0.1, 0.15) is 12.8 Å². The standard InChI is InChI=1S/C12H16N2O3S/c13-10-3-5-11(6-4-10)18(16,17)8-12(15)14-7-9-1-2-9/h3-6,9H,1-2,7-8,13H2,(H,14,15). The molecule has 0 spiro atoms. The molecule has 0 unspecified atom stereocenters. The molecular weight excluding hydrogens is 252 g/mol. The first-order valence-electron chi connectivity index (χ1n) is 5.82. The van der Waals surface area contributed by atoms with Crippen LogP contribution < -0.4 is 11.1 Å². The molecular formula is C12H16N2O3S. The average Bonchev–Trinajstić information content (AvgIpc) is 3.10. The maximum absolute atomic E-state index is 11.9. The summed E-state index contributed by atoms with van der Waals surface area (Å²) in [5.41, 5.74) is 5.98. The Labute approximate surface area is 106 Å². The van der Waals surface area contributed by atoms with E-state index in [-0.39, 0.29) is 4.90 Å². The predicted octanol–water partition coefficient (Wildman–Crippen LogP) is 0.569. The third kappa shape index (κ3) is 3.46. The van der Waals surface area contributed by atoms with E-state index in [4.69, 9.17) is 5.73 Å². The van der Waals surface area contributed by atoms with Crippen LogP contribution in [0.15, 0.2) is 29.2 Å². The van der Waals surface area contributed by atoms with Crippen LogP contribution >= 0.6 is 0 Å². The summed E-state index contributed by atoms with van der Waals surface area (Å²) in [5.74, 6) is -0.421. The summed E-state index contributed by atoms with van der Waals surface area (Å²) in [6, 6.07) is 5.85. The number of carbonyl (C=O) groups is 1. The smallest absolute Gasteiger partial charge is 0.235 e. The fourth-order valence-corrected chi connectivity index (χ4v) is 2.73. The molecule has 0 heterocycles. The summed E-state index contributed by atoms with van der Waals surface area (Å²) >= 11 is 0. The van der Waals surface area contributed by atoms with E-state index in [2.05, 4.69) is 5.32 Å². The number of amides is 1. The van der Waals surface area contributed by atoms with Gasteiger partial charge in [-0.2, -0.15) is 0 Å². The van der Waals surface area contributed by atoms with Gasteiger partial charge in [0.05, 0.1) is 4.90 Å². The molecule has 1 aliphatic rings. The largest absolute Gasteiger partial charge is 0.399 e. The molecule has 6 heteroatoms. The summed E-state index contributed by atoms with van der Waals surface area (Å²) in [6.07, 6.45) is 2.23. The van der Waals surface area contributed by atoms with Crippen LogP contribution in [-0.4, -0.2) is 26.6 Å². The first kappa shape index (κ1) is 12.9. The van der Waals surface area contributed by atoms with Gasteiger partial charge >= 0.3 is 0 Å². The zero-order chi connectivity index (χ0) is 13.2. The SMILES string of the molecule is Nc1ccc(S(=O)(=O)CC(=O)NCC2CC2)cc1. The lowest BCUT2D eigenvalue weighted by molar-refractivity contribution is -0.118. The molecule has 1 aromatic carbocycles. The lowest BCUT2D eigenvalue weighted by Gasteiger charge is -2.06. The molecule has 1 aliphatic carbocycles. The second-order valence-corrected chi connectivity index (χ2v) is 6.57. The van der Waals surface area contributed by atoms with E-state index in [1.807, 2.05) is 0 Å². The third-order valence-corrected chi connectivity index (χ3v) is 4.48. The van der Waals surface area contributed by atoms with Crippen molar-refractivity contribution in [2.45, 2.75) is 17.7 Å². The number of benzene rings is 1. The van der Waals surface area contributed by atoms with E-state index >= 15 is 0 Å². The van der Waals surface area contributed by atoms with Crippen LogP contribution in [0.25, 0.3) is 0 Å². The summed E-state index contributed by atoms with van der Waals surface area (Å²) < 4.78 is 23.8. The van der Waals surface area contributed by atoms with Crippen molar-refractivity contribution in [2.75, 3.05) is 18.0 Å². The van der Waals surface area contributed by atoms with E-state index in [1.165, 1.54) is 24.3 Å². The van der Waals surface area contributed by atoms with Crippen molar-refractivity contribution in [3.8, 4) is 0 Å². The van der Waals surface area contributed by atoms with Crippen molar-refractivity contribution >= 4 is 21.4 Å². The monoisotopic (exact) mass is 268 g/mol. The zero-order valence-corrected chi connectivity index (χ0v) is 10.7. The number of hydrogen-bond donors (Lipinski definition) is 2. The van der Waals surface area contributed by atoms with Crippen LogP contribution in [0.3, 0.4) is 0 Å². The molecule has 0 radical (unpaired) electrons. The molecule has 18 heavy (non-hydrogen) atoms. The molecule has 3 N–H and O–H groups in total. The molecule has 1 saturated carbocycles. The molecule has 0 bridgehead atoms. The van der Waals surface area contributed by atoms with Gasteiger partial charge in [-0.1, -0.05) is 0 Å². The predicted molar refractivity (Wildman–Crippen MR) is 68.6 cm³/mol. The lowest BCUT2D eigenvalue weighted by Crippen LogP contribution is -2.31. The Morgan fingerprint density at radius 1 is 1.28 bits per heavy atom. The first-order valence-corrected chi connectivity index (χ1v) is 7.47. The Morgan fingerprint density at radius 2 is 1.89 bits per heavy atom. The van der Waals surface area contributed by atoms with Crippen LogP contribution in [0, 0.1) is 5.92 Å². The van der Waals surface area contributed by atoms with Gasteiger partial charge < -0.3 is 11.1 Å². The van der Waals surface area contributed by atoms with Crippen molar-refractivity contribution in [2.24, 2.45) is 5.92 Å². The van der Waals surface area contributed by atoms with Crippen molar-refractivity contribution in [1.29, 1.82) is 0 Å². The Kier molecular flexibility index (Phi) is 3.56. The Bertz CT molecular complexity index is 533. The minimum atomic E-state index is -3.57. The average molecular weight is 268 g/mol. The van der Waals surface area contributed by atoms with Crippen LogP contribution in [0.5, 0.6) is 0 Å². The van der Waals surface area contributed by atoms with E-state index in [0.29, 0.717) is 18.2 Å². The van der Waals surface area contributed by atoms with Crippen molar-refractivity contribution < 1.29 is 13.2 Å². The fraction of sp³-hybridized carbons (Fsp3) is 0.417. The first-order chi connectivity index (χ1) is 8.47. The van der Waals surface area contributed by atoms with Crippen molar-refractivity contribution in [3.63, 3.8) is 0 Å². The second-order valence-electron chi connectivity index (χ2n) is 4.58. The van der Waals surface area contributed by atoms with Gasteiger partial charge in [0.15, 0.2) is 9.84 Å². The summed E-state index contributed by atoms with van der Waals surface area (Å²) in [6.45, 7) is 0.579. The Morgan fingerprint density at radius 3 is 2.44 bits per heavy atom. The van der Waals surface area contributed by atoms with E-state index < -0.39 is 21.5 Å². The molecule has 0 aromatic heterocycles. The molecule has 0 atom stereocenters. The maximum atomic E-state index is 11.9. The summed E-state index contributed by atoms with van der Waals surface area (Å²) in [4.78, 5) is 11.6. The number of hydrogen-bond acceptors (Lipinski definition) is 4. The third-order valence-electron chi connectivity index (χ3n) is 2.85. The number of carbonyl (C=O) groups excluding carboxylic acids is 1. The molecule has 98 valence electrons. The van der Waals surface area contributed by atoms with Crippen LogP contribution in [0.2, 0.25) is 0 Å². The minimum absolute atomic E-state index is 0.123. The number of rotatable bonds is 5. The van der Waals surface area contributed by atoms with E-state index in [1.54, 1.807) is 0 Å². The molecule has 1 aromatic rings. The second kappa shape index (κ2) is 4.97. The van der Waals surface area contributed by atoms with Gasteiger partial charge in [-0.15, -0.1) is 0 Å². The summed E-state index contributed by atoms with van der Waals surface area (Å²) in [7, 11) is -3.57. The Balaban J connectivity index is 1.97. The zero-order valence-electron chi connectivity index (χ0n) is 9.93. The highest BCUT2D eigenvalue weighted by molar-refractivity contribution is 7.92. The number of anilines is 1. The van der Waals surface area contributed by atoms with Crippen molar-refractivity contribution in [1.82, 2.24) is 5.32 Å². The van der Waals surface area contributed by atoms with Gasteiger partial charge in [-0.3, -0.25) is 4.79 Å². The highest BCUT2D eigenvalue weighted by Crippen LogP contribution is 2.27. The number of sulfone groups is 1.